The van der Waals surface area contributed by atoms with Crippen molar-refractivity contribution in [3.8, 4) is 0 Å². The fourth-order valence-electron chi connectivity index (χ4n) is 3.25. The van der Waals surface area contributed by atoms with Gasteiger partial charge in [-0.05, 0) is 45.6 Å². The maximum absolute atomic E-state index is 12.5. The molecule has 3 rings (SSSR count). The van der Waals surface area contributed by atoms with Crippen LogP contribution in [0.2, 0.25) is 0 Å². The smallest absolute Gasteiger partial charge is 0.313 e. The number of carbonyl (C=O) groups is 2. The van der Waals surface area contributed by atoms with Crippen LogP contribution in [0.25, 0.3) is 10.9 Å². The average Bonchev–Trinajstić information content (AvgIpc) is 2.68. The molecule has 1 atom stereocenters. The molecule has 0 unspecified atom stereocenters. The van der Waals surface area contributed by atoms with Crippen LogP contribution in [0.15, 0.2) is 54.6 Å². The number of nitrogens with zero attached hydrogens (tertiary/aromatic N) is 2. The third-order valence-corrected chi connectivity index (χ3v) is 4.84. The quantitative estimate of drug-likeness (QED) is 0.656. The summed E-state index contributed by atoms with van der Waals surface area (Å²) in [6, 6.07) is 17.4. The first kappa shape index (κ1) is 20.5. The summed E-state index contributed by atoms with van der Waals surface area (Å²) in [5.41, 5.74) is 4.38. The fraction of sp³-hybridized carbons (Fsp3) is 0.261. The number of aryl methyl sites for hydroxylation is 2. The zero-order valence-electron chi connectivity index (χ0n) is 17.2. The molecule has 2 N–H and O–H groups in total. The minimum absolute atomic E-state index is 0.0312. The molecule has 150 valence electrons. The summed E-state index contributed by atoms with van der Waals surface area (Å²) in [6.07, 6.45) is 0. The minimum atomic E-state index is -0.692. The van der Waals surface area contributed by atoms with Crippen LogP contribution in [0.1, 0.15) is 22.9 Å². The Morgan fingerprint density at radius 2 is 1.69 bits per heavy atom. The molecule has 0 spiro atoms. The van der Waals surface area contributed by atoms with Crippen molar-refractivity contribution in [2.75, 3.05) is 26.0 Å². The molecule has 0 saturated carbocycles. The van der Waals surface area contributed by atoms with Gasteiger partial charge < -0.3 is 15.5 Å². The molecule has 3 aromatic rings. The molecule has 0 aliphatic rings. The van der Waals surface area contributed by atoms with Crippen molar-refractivity contribution in [2.45, 2.75) is 19.9 Å². The molecule has 0 aliphatic carbocycles. The van der Waals surface area contributed by atoms with E-state index in [4.69, 9.17) is 0 Å². The van der Waals surface area contributed by atoms with Gasteiger partial charge in [0.15, 0.2) is 0 Å². The molecule has 0 fully saturated rings. The number of benzene rings is 2. The van der Waals surface area contributed by atoms with Crippen LogP contribution in [-0.2, 0) is 9.59 Å². The number of para-hydroxylation sites is 1. The van der Waals surface area contributed by atoms with Crippen molar-refractivity contribution < 1.29 is 9.59 Å². The SMILES string of the molecule is Cc1ccc([C@H](CNC(=O)C(=O)Nc2cc(C)nc3ccccc23)N(C)C)cc1. The van der Waals surface area contributed by atoms with Crippen molar-refractivity contribution in [3.63, 3.8) is 0 Å². The third-order valence-electron chi connectivity index (χ3n) is 4.84. The van der Waals surface area contributed by atoms with Crippen molar-refractivity contribution in [1.82, 2.24) is 15.2 Å². The Bertz CT molecular complexity index is 1030. The molecule has 2 amide bonds. The Hall–Kier alpha value is -3.25. The normalized spacial score (nSPS) is 12.0. The highest BCUT2D eigenvalue weighted by molar-refractivity contribution is 6.40. The van der Waals surface area contributed by atoms with E-state index >= 15 is 0 Å². The van der Waals surface area contributed by atoms with Crippen molar-refractivity contribution in [2.24, 2.45) is 0 Å². The number of aromatic nitrogens is 1. The molecular weight excluding hydrogens is 364 g/mol. The predicted octanol–water partition coefficient (Wildman–Crippen LogP) is 3.21. The molecule has 0 bridgehead atoms. The zero-order valence-corrected chi connectivity index (χ0v) is 17.2. The van der Waals surface area contributed by atoms with Crippen LogP contribution in [0.5, 0.6) is 0 Å². The van der Waals surface area contributed by atoms with E-state index in [0.717, 1.165) is 22.2 Å². The highest BCUT2D eigenvalue weighted by Crippen LogP contribution is 2.23. The van der Waals surface area contributed by atoms with E-state index in [9.17, 15) is 9.59 Å². The van der Waals surface area contributed by atoms with Crippen molar-refractivity contribution >= 4 is 28.4 Å². The summed E-state index contributed by atoms with van der Waals surface area (Å²) in [7, 11) is 3.89. The van der Waals surface area contributed by atoms with E-state index in [1.807, 2.05) is 81.4 Å². The molecule has 0 aliphatic heterocycles. The van der Waals surface area contributed by atoms with E-state index in [0.29, 0.717) is 12.2 Å². The number of rotatable bonds is 5. The number of hydrogen-bond acceptors (Lipinski definition) is 4. The number of carbonyl (C=O) groups excluding carboxylic acids is 2. The standard InChI is InChI=1S/C23H26N4O2/c1-15-9-11-17(12-10-15)21(27(3)4)14-24-22(28)23(29)26-20-13-16(2)25-19-8-6-5-7-18(19)20/h5-13,21H,14H2,1-4H3,(H,24,28)(H,25,26,29)/t21-/m0/s1. The number of hydrogen-bond donors (Lipinski definition) is 2. The summed E-state index contributed by atoms with van der Waals surface area (Å²) in [5, 5.41) is 6.27. The Kier molecular flexibility index (Phi) is 6.24. The molecule has 0 saturated heterocycles. The maximum atomic E-state index is 12.5. The van der Waals surface area contributed by atoms with Crippen LogP contribution in [0, 0.1) is 13.8 Å². The fourth-order valence-corrected chi connectivity index (χ4v) is 3.25. The Labute approximate surface area is 170 Å². The molecule has 1 aromatic heterocycles. The Balaban J connectivity index is 1.69. The first-order valence-electron chi connectivity index (χ1n) is 9.53. The van der Waals surface area contributed by atoms with Gasteiger partial charge in [0.25, 0.3) is 0 Å². The molecule has 0 radical (unpaired) electrons. The van der Waals surface area contributed by atoms with E-state index in [1.54, 1.807) is 6.07 Å². The van der Waals surface area contributed by atoms with Crippen molar-refractivity contribution in [3.05, 3.63) is 71.4 Å². The molecule has 6 nitrogen and oxygen atoms in total. The van der Waals surface area contributed by atoms with Gasteiger partial charge >= 0.3 is 11.8 Å². The van der Waals surface area contributed by atoms with Gasteiger partial charge in [0.1, 0.15) is 0 Å². The molecule has 1 heterocycles. The number of fused-ring (bicyclic) bond motifs is 1. The first-order valence-corrected chi connectivity index (χ1v) is 9.53. The monoisotopic (exact) mass is 390 g/mol. The summed E-state index contributed by atoms with van der Waals surface area (Å²) in [5.74, 6) is -1.36. The Morgan fingerprint density at radius 3 is 2.38 bits per heavy atom. The summed E-state index contributed by atoms with van der Waals surface area (Å²) in [4.78, 5) is 31.4. The summed E-state index contributed by atoms with van der Waals surface area (Å²) < 4.78 is 0. The van der Waals surface area contributed by atoms with Crippen LogP contribution < -0.4 is 10.6 Å². The number of pyridine rings is 1. The Morgan fingerprint density at radius 1 is 1.00 bits per heavy atom. The van der Waals surface area contributed by atoms with E-state index in [2.05, 4.69) is 15.6 Å². The average molecular weight is 390 g/mol. The lowest BCUT2D eigenvalue weighted by Crippen LogP contribution is -2.40. The second-order valence-corrected chi connectivity index (χ2v) is 7.38. The summed E-state index contributed by atoms with van der Waals surface area (Å²) in [6.45, 7) is 4.22. The number of amides is 2. The topological polar surface area (TPSA) is 74.3 Å². The lowest BCUT2D eigenvalue weighted by Gasteiger charge is -2.25. The second kappa shape index (κ2) is 8.84. The van der Waals surface area contributed by atoms with Gasteiger partial charge in [-0.3, -0.25) is 14.6 Å². The molecule has 29 heavy (non-hydrogen) atoms. The number of anilines is 1. The zero-order chi connectivity index (χ0) is 21.0. The highest BCUT2D eigenvalue weighted by atomic mass is 16.2. The highest BCUT2D eigenvalue weighted by Gasteiger charge is 2.19. The van der Waals surface area contributed by atoms with Gasteiger partial charge in [0.2, 0.25) is 0 Å². The van der Waals surface area contributed by atoms with Gasteiger partial charge in [-0.2, -0.15) is 0 Å². The molecule has 6 heteroatoms. The summed E-state index contributed by atoms with van der Waals surface area (Å²) >= 11 is 0. The van der Waals surface area contributed by atoms with Gasteiger partial charge in [0.05, 0.1) is 17.2 Å². The largest absolute Gasteiger partial charge is 0.346 e. The molecule has 2 aromatic carbocycles. The van der Waals surface area contributed by atoms with Gasteiger partial charge in [-0.15, -0.1) is 0 Å². The van der Waals surface area contributed by atoms with E-state index in [1.165, 1.54) is 5.56 Å². The van der Waals surface area contributed by atoms with E-state index in [-0.39, 0.29) is 6.04 Å². The second-order valence-electron chi connectivity index (χ2n) is 7.38. The number of likely N-dealkylation sites (N-methyl/N-ethyl adjacent to an activating group) is 1. The predicted molar refractivity (Wildman–Crippen MR) is 116 cm³/mol. The number of nitrogens with one attached hydrogen (secondary N) is 2. The van der Waals surface area contributed by atoms with Crippen LogP contribution in [0.4, 0.5) is 5.69 Å². The lowest BCUT2D eigenvalue weighted by atomic mass is 10.0. The van der Waals surface area contributed by atoms with E-state index < -0.39 is 11.8 Å². The first-order chi connectivity index (χ1) is 13.8. The van der Waals surface area contributed by atoms with Crippen LogP contribution in [-0.4, -0.2) is 42.3 Å². The van der Waals surface area contributed by atoms with Crippen molar-refractivity contribution in [1.29, 1.82) is 0 Å². The maximum Gasteiger partial charge on any atom is 0.313 e. The molecular formula is C23H26N4O2. The van der Waals surface area contributed by atoms with Crippen LogP contribution in [0.3, 0.4) is 0 Å². The lowest BCUT2D eigenvalue weighted by molar-refractivity contribution is -0.136. The van der Waals surface area contributed by atoms with Crippen LogP contribution >= 0.6 is 0 Å². The van der Waals surface area contributed by atoms with Gasteiger partial charge in [-0.1, -0.05) is 48.0 Å². The third kappa shape index (κ3) is 4.97. The van der Waals surface area contributed by atoms with Gasteiger partial charge in [-0.25, -0.2) is 0 Å². The van der Waals surface area contributed by atoms with Gasteiger partial charge in [0, 0.05) is 17.6 Å². The minimum Gasteiger partial charge on any atom is -0.346 e.